The van der Waals surface area contributed by atoms with Crippen LogP contribution < -0.4 is 4.74 Å². The van der Waals surface area contributed by atoms with Gasteiger partial charge < -0.3 is 9.64 Å². The fourth-order valence-electron chi connectivity index (χ4n) is 2.22. The minimum Gasteiger partial charge on any atom is -0.477 e. The van der Waals surface area contributed by atoms with Gasteiger partial charge in [-0.2, -0.15) is 0 Å². The predicted octanol–water partition coefficient (Wildman–Crippen LogP) is 3.19. The molecule has 0 aliphatic heterocycles. The molecule has 0 heterocycles. The third-order valence-electron chi connectivity index (χ3n) is 3.69. The predicted molar refractivity (Wildman–Crippen MR) is 90.9 cm³/mol. The smallest absolute Gasteiger partial charge is 0.310 e. The molecule has 0 unspecified atom stereocenters. The van der Waals surface area contributed by atoms with E-state index < -0.39 is 4.92 Å². The minimum atomic E-state index is -0.529. The fourth-order valence-corrected chi connectivity index (χ4v) is 2.22. The standard InChI is InChI=1S/C18H20N2O4/c1-3-14-8-10-15(11-9-14)12-19(2)18(21)13-24-17-7-5-4-6-16(17)20(22)23/h4-11H,3,12-13H2,1-2H3. The van der Waals surface area contributed by atoms with Gasteiger partial charge in [0.2, 0.25) is 0 Å². The summed E-state index contributed by atoms with van der Waals surface area (Å²) in [5, 5.41) is 10.9. The van der Waals surface area contributed by atoms with E-state index in [1.54, 1.807) is 19.2 Å². The van der Waals surface area contributed by atoms with Crippen LogP contribution in [0.15, 0.2) is 48.5 Å². The van der Waals surface area contributed by atoms with Crippen LogP contribution in [-0.2, 0) is 17.8 Å². The van der Waals surface area contributed by atoms with E-state index in [4.69, 9.17) is 4.74 Å². The third kappa shape index (κ3) is 4.55. The number of amides is 1. The molecule has 2 rings (SSSR count). The van der Waals surface area contributed by atoms with Gasteiger partial charge in [-0.25, -0.2) is 0 Å². The summed E-state index contributed by atoms with van der Waals surface area (Å²) in [6, 6.07) is 14.1. The first-order chi connectivity index (χ1) is 11.5. The van der Waals surface area contributed by atoms with E-state index in [1.165, 1.54) is 22.6 Å². The molecule has 6 heteroatoms. The average Bonchev–Trinajstić information content (AvgIpc) is 2.60. The number of benzene rings is 2. The van der Waals surface area contributed by atoms with Crippen molar-refractivity contribution in [1.29, 1.82) is 0 Å². The van der Waals surface area contributed by atoms with Crippen molar-refractivity contribution in [3.05, 3.63) is 69.8 Å². The summed E-state index contributed by atoms with van der Waals surface area (Å²) in [6.45, 7) is 2.31. The zero-order valence-electron chi connectivity index (χ0n) is 13.8. The Bertz CT molecular complexity index is 713. The van der Waals surface area contributed by atoms with Gasteiger partial charge in [0.1, 0.15) is 0 Å². The van der Waals surface area contributed by atoms with E-state index in [9.17, 15) is 14.9 Å². The van der Waals surface area contributed by atoms with Crippen molar-refractivity contribution in [2.75, 3.05) is 13.7 Å². The average molecular weight is 328 g/mol. The van der Waals surface area contributed by atoms with Gasteiger partial charge in [0.15, 0.2) is 12.4 Å². The van der Waals surface area contributed by atoms with Crippen LogP contribution >= 0.6 is 0 Å². The van der Waals surface area contributed by atoms with E-state index in [0.29, 0.717) is 6.54 Å². The van der Waals surface area contributed by atoms with Gasteiger partial charge >= 0.3 is 5.69 Å². The largest absolute Gasteiger partial charge is 0.477 e. The zero-order chi connectivity index (χ0) is 17.5. The van der Waals surface area contributed by atoms with Crippen molar-refractivity contribution in [1.82, 2.24) is 4.90 Å². The highest BCUT2D eigenvalue weighted by atomic mass is 16.6. The number of nitrogens with zero attached hydrogens (tertiary/aromatic N) is 2. The SMILES string of the molecule is CCc1ccc(CN(C)C(=O)COc2ccccc2[N+](=O)[O-])cc1. The van der Waals surface area contributed by atoms with Gasteiger partial charge in [-0.1, -0.05) is 43.3 Å². The Morgan fingerprint density at radius 3 is 2.38 bits per heavy atom. The van der Waals surface area contributed by atoms with Crippen LogP contribution in [0.4, 0.5) is 5.69 Å². The van der Waals surface area contributed by atoms with E-state index >= 15 is 0 Å². The van der Waals surface area contributed by atoms with Crippen LogP contribution in [0.2, 0.25) is 0 Å². The van der Waals surface area contributed by atoms with Crippen LogP contribution in [0.3, 0.4) is 0 Å². The number of carbonyl (C=O) groups is 1. The molecule has 0 fully saturated rings. The summed E-state index contributed by atoms with van der Waals surface area (Å²) < 4.78 is 5.32. The first-order valence-corrected chi connectivity index (χ1v) is 7.69. The molecule has 0 spiro atoms. The van der Waals surface area contributed by atoms with E-state index in [-0.39, 0.29) is 24.0 Å². The van der Waals surface area contributed by atoms with Gasteiger partial charge in [0.25, 0.3) is 5.91 Å². The molecule has 0 aromatic heterocycles. The number of likely N-dealkylation sites (N-methyl/N-ethyl adjacent to an activating group) is 1. The van der Waals surface area contributed by atoms with Crippen molar-refractivity contribution in [3.63, 3.8) is 0 Å². The van der Waals surface area contributed by atoms with Gasteiger partial charge in [-0.05, 0) is 23.6 Å². The molecule has 0 aliphatic rings. The molecule has 126 valence electrons. The topological polar surface area (TPSA) is 72.7 Å². The number of aryl methyl sites for hydroxylation is 1. The molecule has 0 radical (unpaired) electrons. The van der Waals surface area contributed by atoms with Gasteiger partial charge in [0.05, 0.1) is 4.92 Å². The summed E-state index contributed by atoms with van der Waals surface area (Å²) in [4.78, 5) is 24.1. The number of hydrogen-bond donors (Lipinski definition) is 0. The molecular formula is C18H20N2O4. The molecule has 0 atom stereocenters. The Labute approximate surface area is 140 Å². The normalized spacial score (nSPS) is 10.2. The van der Waals surface area contributed by atoms with Crippen LogP contribution in [0, 0.1) is 10.1 Å². The van der Waals surface area contributed by atoms with Crippen molar-refractivity contribution in [2.24, 2.45) is 0 Å². The number of rotatable bonds is 7. The van der Waals surface area contributed by atoms with Crippen LogP contribution in [0.1, 0.15) is 18.1 Å². The lowest BCUT2D eigenvalue weighted by atomic mass is 10.1. The summed E-state index contributed by atoms with van der Waals surface area (Å²) in [5.74, 6) is -0.149. The molecule has 0 aliphatic carbocycles. The summed E-state index contributed by atoms with van der Waals surface area (Å²) in [5.41, 5.74) is 2.12. The minimum absolute atomic E-state index is 0.0940. The van der Waals surface area contributed by atoms with Crippen LogP contribution in [0.5, 0.6) is 5.75 Å². The Balaban J connectivity index is 1.93. The first-order valence-electron chi connectivity index (χ1n) is 7.69. The van der Waals surface area contributed by atoms with E-state index in [0.717, 1.165) is 12.0 Å². The van der Waals surface area contributed by atoms with Crippen molar-refractivity contribution in [2.45, 2.75) is 19.9 Å². The third-order valence-corrected chi connectivity index (χ3v) is 3.69. The van der Waals surface area contributed by atoms with Crippen molar-refractivity contribution >= 4 is 11.6 Å². The number of para-hydroxylation sites is 2. The van der Waals surface area contributed by atoms with E-state index in [2.05, 4.69) is 6.92 Å². The quantitative estimate of drug-likeness (QED) is 0.578. The summed E-state index contributed by atoms with van der Waals surface area (Å²) >= 11 is 0. The Morgan fingerprint density at radius 2 is 1.75 bits per heavy atom. The summed E-state index contributed by atoms with van der Waals surface area (Å²) in [6.07, 6.45) is 0.971. The second kappa shape index (κ2) is 8.10. The molecule has 24 heavy (non-hydrogen) atoms. The van der Waals surface area contributed by atoms with E-state index in [1.807, 2.05) is 24.3 Å². The summed E-state index contributed by atoms with van der Waals surface area (Å²) in [7, 11) is 1.68. The number of nitro benzene ring substituents is 1. The number of carbonyl (C=O) groups excluding carboxylic acids is 1. The molecule has 0 bridgehead atoms. The van der Waals surface area contributed by atoms with Gasteiger partial charge in [-0.15, -0.1) is 0 Å². The first kappa shape index (κ1) is 17.5. The monoisotopic (exact) mass is 328 g/mol. The molecule has 2 aromatic carbocycles. The molecule has 0 saturated carbocycles. The number of nitro groups is 1. The van der Waals surface area contributed by atoms with Crippen molar-refractivity contribution < 1.29 is 14.5 Å². The Kier molecular flexibility index (Phi) is 5.89. The van der Waals surface area contributed by atoms with Crippen LogP contribution in [-0.4, -0.2) is 29.4 Å². The maximum atomic E-state index is 12.2. The number of hydrogen-bond acceptors (Lipinski definition) is 4. The van der Waals surface area contributed by atoms with Crippen LogP contribution in [0.25, 0.3) is 0 Å². The second-order valence-electron chi connectivity index (χ2n) is 5.43. The molecule has 1 amide bonds. The zero-order valence-corrected chi connectivity index (χ0v) is 13.8. The molecule has 2 aromatic rings. The lowest BCUT2D eigenvalue weighted by Gasteiger charge is -2.17. The lowest BCUT2D eigenvalue weighted by Crippen LogP contribution is -2.31. The molecule has 0 saturated heterocycles. The molecule has 0 N–H and O–H groups in total. The highest BCUT2D eigenvalue weighted by Crippen LogP contribution is 2.25. The highest BCUT2D eigenvalue weighted by molar-refractivity contribution is 5.77. The Hall–Kier alpha value is -2.89. The molecular weight excluding hydrogens is 308 g/mol. The highest BCUT2D eigenvalue weighted by Gasteiger charge is 2.16. The Morgan fingerprint density at radius 1 is 1.12 bits per heavy atom. The second-order valence-corrected chi connectivity index (χ2v) is 5.43. The van der Waals surface area contributed by atoms with Gasteiger partial charge in [0, 0.05) is 19.7 Å². The maximum Gasteiger partial charge on any atom is 0.310 e. The lowest BCUT2D eigenvalue weighted by molar-refractivity contribution is -0.385. The van der Waals surface area contributed by atoms with Crippen molar-refractivity contribution in [3.8, 4) is 5.75 Å². The fraction of sp³-hybridized carbons (Fsp3) is 0.278. The maximum absolute atomic E-state index is 12.2. The van der Waals surface area contributed by atoms with Gasteiger partial charge in [-0.3, -0.25) is 14.9 Å². The number of ether oxygens (including phenoxy) is 1. The molecule has 6 nitrogen and oxygen atoms in total.